The van der Waals surface area contributed by atoms with E-state index in [0.717, 1.165) is 50.6 Å². The van der Waals surface area contributed by atoms with Crippen LogP contribution >= 0.6 is 0 Å². The lowest BCUT2D eigenvalue weighted by Crippen LogP contribution is -2.30. The molecule has 3 atom stereocenters. The Morgan fingerprint density at radius 1 is 0.932 bits per heavy atom. The summed E-state index contributed by atoms with van der Waals surface area (Å²) in [6, 6.07) is -0.221. The monoisotopic (exact) mass is 606 g/mol. The molecule has 0 bridgehead atoms. The van der Waals surface area contributed by atoms with Gasteiger partial charge in [-0.25, -0.2) is 0 Å². The summed E-state index contributed by atoms with van der Waals surface area (Å²) >= 11 is 0. The van der Waals surface area contributed by atoms with Gasteiger partial charge in [-0.05, 0) is 73.9 Å². The van der Waals surface area contributed by atoms with Crippen LogP contribution < -0.4 is 10.6 Å². The van der Waals surface area contributed by atoms with E-state index < -0.39 is 11.9 Å². The van der Waals surface area contributed by atoms with Crippen LogP contribution in [0.3, 0.4) is 0 Å². The van der Waals surface area contributed by atoms with Crippen molar-refractivity contribution in [1.29, 1.82) is 0 Å². The average molecular weight is 607 g/mol. The molecule has 7 N–H and O–H groups in total. The van der Waals surface area contributed by atoms with Gasteiger partial charge >= 0.3 is 11.9 Å². The Balaban J connectivity index is 1.74. The molecule has 0 spiro atoms. The number of allylic oxidation sites excluding steroid dienone is 1. The first-order valence-corrected chi connectivity index (χ1v) is 15.0. The minimum Gasteiger partial charge on any atom is -0.481 e. The summed E-state index contributed by atoms with van der Waals surface area (Å²) in [5.41, 5.74) is 8.96. The van der Waals surface area contributed by atoms with Gasteiger partial charge in [-0.3, -0.25) is 19.2 Å². The highest BCUT2D eigenvalue weighted by Gasteiger charge is 2.35. The summed E-state index contributed by atoms with van der Waals surface area (Å²) in [6.07, 6.45) is 5.22. The largest absolute Gasteiger partial charge is 0.481 e. The van der Waals surface area contributed by atoms with Crippen molar-refractivity contribution < 1.29 is 34.5 Å². The first kappa shape index (κ1) is 32.5. The Kier molecular flexibility index (Phi) is 9.98. The van der Waals surface area contributed by atoms with E-state index >= 15 is 0 Å². The van der Waals surface area contributed by atoms with Crippen molar-refractivity contribution in [2.45, 2.75) is 78.7 Å². The molecule has 1 fully saturated rings. The summed E-state index contributed by atoms with van der Waals surface area (Å²) in [6.45, 7) is 11.3. The van der Waals surface area contributed by atoms with Crippen molar-refractivity contribution in [1.82, 2.24) is 20.6 Å². The standard InChI is InChI=1S/C33H42N4O7/c1-6-20-16(2)26(36-33(20)44)13-24-17(3)21(7-9-30(39)40)27(34-24)15-28-22(8-10-31(41)42)18(4)25(35-28)14-29-23(11-12-38)19(5)32(43)37-29/h6,14,19,23,26,34-35,38H,1,7-13,15H2,2-5H3,(H,36,44)(H,37,43)(H,39,40)(H,41,42)/b29-14-/t19-,23-,26-/m1/s1. The van der Waals surface area contributed by atoms with Crippen LogP contribution in [0.2, 0.25) is 0 Å². The molecule has 11 nitrogen and oxygen atoms in total. The minimum absolute atomic E-state index is 0.0531. The number of nitrogens with one attached hydrogen (secondary N) is 4. The highest BCUT2D eigenvalue weighted by Crippen LogP contribution is 2.33. The van der Waals surface area contributed by atoms with E-state index in [2.05, 4.69) is 27.2 Å². The van der Waals surface area contributed by atoms with Gasteiger partial charge in [0.25, 0.3) is 5.91 Å². The second-order valence-electron chi connectivity index (χ2n) is 11.8. The van der Waals surface area contributed by atoms with Crippen molar-refractivity contribution in [2.24, 2.45) is 11.8 Å². The summed E-state index contributed by atoms with van der Waals surface area (Å²) in [7, 11) is 0. The van der Waals surface area contributed by atoms with Gasteiger partial charge in [-0.15, -0.1) is 0 Å². The number of aromatic nitrogens is 2. The first-order valence-electron chi connectivity index (χ1n) is 15.0. The lowest BCUT2D eigenvalue weighted by atomic mass is 9.91. The lowest BCUT2D eigenvalue weighted by Gasteiger charge is -2.12. The van der Waals surface area contributed by atoms with Crippen LogP contribution in [0, 0.1) is 25.7 Å². The topological polar surface area (TPSA) is 185 Å². The number of aliphatic hydroxyl groups is 1. The zero-order valence-electron chi connectivity index (χ0n) is 25.7. The van der Waals surface area contributed by atoms with Crippen molar-refractivity contribution in [3.63, 3.8) is 0 Å². The molecule has 0 radical (unpaired) electrons. The molecule has 2 aromatic rings. The first-order chi connectivity index (χ1) is 20.9. The Hall–Kier alpha value is -4.38. The second-order valence-corrected chi connectivity index (χ2v) is 11.8. The number of carbonyl (C=O) groups excluding carboxylic acids is 2. The number of carboxylic acid groups (broad SMARTS) is 2. The van der Waals surface area contributed by atoms with E-state index in [9.17, 15) is 34.5 Å². The zero-order chi connectivity index (χ0) is 32.3. The lowest BCUT2D eigenvalue weighted by molar-refractivity contribution is -0.138. The van der Waals surface area contributed by atoms with Crippen molar-refractivity contribution in [3.8, 4) is 0 Å². The van der Waals surface area contributed by atoms with Crippen molar-refractivity contribution in [2.75, 3.05) is 6.61 Å². The van der Waals surface area contributed by atoms with E-state index in [4.69, 9.17) is 0 Å². The predicted molar refractivity (Wildman–Crippen MR) is 165 cm³/mol. The molecule has 0 saturated carbocycles. The molecule has 0 unspecified atom stereocenters. The SMILES string of the molecule is C=CC1=C(C)[C@@H](Cc2[nH]c(Cc3[nH]c(/C=C4\NC(=O)[C@H](C)[C@H]4CCO)c(C)c3CCC(=O)O)c(CCC(=O)O)c2C)NC1=O. The third-order valence-electron chi connectivity index (χ3n) is 9.14. The molecule has 44 heavy (non-hydrogen) atoms. The number of aromatic amines is 2. The zero-order valence-corrected chi connectivity index (χ0v) is 25.7. The number of hydrogen-bond donors (Lipinski definition) is 7. The maximum absolute atomic E-state index is 12.4. The van der Waals surface area contributed by atoms with E-state index in [1.54, 1.807) is 6.08 Å². The minimum atomic E-state index is -0.919. The smallest absolute Gasteiger partial charge is 0.303 e. The van der Waals surface area contributed by atoms with Gasteiger partial charge in [0, 0.05) is 78.2 Å². The van der Waals surface area contributed by atoms with Crippen LogP contribution in [0.1, 0.15) is 78.1 Å². The predicted octanol–water partition coefficient (Wildman–Crippen LogP) is 3.23. The third kappa shape index (κ3) is 6.72. The molecule has 1 saturated heterocycles. The molecule has 2 aliphatic heterocycles. The number of carboxylic acids is 2. The maximum atomic E-state index is 12.4. The Labute approximate surface area is 256 Å². The van der Waals surface area contributed by atoms with Crippen molar-refractivity contribution in [3.05, 3.63) is 74.5 Å². The Morgan fingerprint density at radius 3 is 2.11 bits per heavy atom. The van der Waals surface area contributed by atoms with E-state index in [0.29, 0.717) is 43.4 Å². The van der Waals surface area contributed by atoms with Gasteiger partial charge in [0.15, 0.2) is 0 Å². The summed E-state index contributed by atoms with van der Waals surface area (Å²) in [5.74, 6) is -2.54. The number of amides is 2. The fraction of sp³-hybridized carbons (Fsp3) is 0.455. The van der Waals surface area contributed by atoms with Crippen LogP contribution in [-0.4, -0.2) is 61.7 Å². The molecule has 236 valence electrons. The molecule has 2 aromatic heterocycles. The van der Waals surface area contributed by atoms with Gasteiger partial charge in [0.05, 0.1) is 6.04 Å². The fourth-order valence-corrected chi connectivity index (χ4v) is 6.47. The number of carbonyl (C=O) groups is 4. The summed E-state index contributed by atoms with van der Waals surface area (Å²) in [5, 5.41) is 34.4. The molecular weight excluding hydrogens is 564 g/mol. The van der Waals surface area contributed by atoms with Crippen LogP contribution in [-0.2, 0) is 44.9 Å². The van der Waals surface area contributed by atoms with Crippen molar-refractivity contribution >= 4 is 29.8 Å². The molecule has 2 amide bonds. The normalized spacial score (nSPS) is 20.8. The van der Waals surface area contributed by atoms with Crippen LogP contribution in [0.15, 0.2) is 29.5 Å². The summed E-state index contributed by atoms with van der Waals surface area (Å²) < 4.78 is 0. The second kappa shape index (κ2) is 13.5. The van der Waals surface area contributed by atoms with E-state index in [-0.39, 0.29) is 49.1 Å². The van der Waals surface area contributed by atoms with Gasteiger partial charge in [0.2, 0.25) is 5.91 Å². The van der Waals surface area contributed by atoms with E-state index in [1.807, 2.05) is 33.8 Å². The van der Waals surface area contributed by atoms with Gasteiger partial charge < -0.3 is 35.9 Å². The highest BCUT2D eigenvalue weighted by molar-refractivity contribution is 6.00. The van der Waals surface area contributed by atoms with Gasteiger partial charge in [0.1, 0.15) is 0 Å². The Morgan fingerprint density at radius 2 is 1.55 bits per heavy atom. The third-order valence-corrected chi connectivity index (χ3v) is 9.14. The molecule has 4 rings (SSSR count). The number of rotatable bonds is 14. The quantitative estimate of drug-likeness (QED) is 0.172. The van der Waals surface area contributed by atoms with Crippen LogP contribution in [0.25, 0.3) is 6.08 Å². The molecule has 0 aliphatic carbocycles. The summed E-state index contributed by atoms with van der Waals surface area (Å²) in [4.78, 5) is 54.9. The highest BCUT2D eigenvalue weighted by atomic mass is 16.4. The number of H-pyrrole nitrogens is 2. The van der Waals surface area contributed by atoms with Crippen LogP contribution in [0.5, 0.6) is 0 Å². The van der Waals surface area contributed by atoms with Gasteiger partial charge in [-0.2, -0.15) is 0 Å². The molecule has 0 aromatic carbocycles. The molecule has 4 heterocycles. The maximum Gasteiger partial charge on any atom is 0.303 e. The Bertz CT molecular complexity index is 1560. The number of aliphatic carboxylic acids is 2. The molecular formula is C33H42N4O7. The molecule has 2 aliphatic rings. The average Bonchev–Trinajstić information content (AvgIpc) is 3.60. The van der Waals surface area contributed by atoms with E-state index in [1.165, 1.54) is 0 Å². The fourth-order valence-electron chi connectivity index (χ4n) is 6.47. The molecule has 11 heteroatoms. The number of aliphatic hydroxyl groups excluding tert-OH is 1. The van der Waals surface area contributed by atoms with Gasteiger partial charge in [-0.1, -0.05) is 19.6 Å². The van der Waals surface area contributed by atoms with Crippen LogP contribution in [0.4, 0.5) is 0 Å². The number of hydrogen-bond acceptors (Lipinski definition) is 5.